The average Bonchev–Trinajstić information content (AvgIpc) is 3.22. The summed E-state index contributed by atoms with van der Waals surface area (Å²) >= 11 is 5.82. The van der Waals surface area contributed by atoms with Gasteiger partial charge in [-0.15, -0.1) is 0 Å². The van der Waals surface area contributed by atoms with Crippen LogP contribution in [0.1, 0.15) is 12.5 Å². The largest absolute Gasteiger partial charge is 0.348 e. The number of carbonyl (C=O) groups is 1. The van der Waals surface area contributed by atoms with Gasteiger partial charge < -0.3 is 5.32 Å². The number of fused-ring (bicyclic) bond motifs is 1. The van der Waals surface area contributed by atoms with Crippen molar-refractivity contribution >= 4 is 44.1 Å². The van der Waals surface area contributed by atoms with Gasteiger partial charge in [-0.2, -0.15) is 10.1 Å². The molecule has 0 radical (unpaired) electrons. The summed E-state index contributed by atoms with van der Waals surface area (Å²) < 4.78 is 26.3. The lowest BCUT2D eigenvalue weighted by molar-refractivity contribution is -0.116. The summed E-state index contributed by atoms with van der Waals surface area (Å²) in [4.78, 5) is 28.4. The number of benzene rings is 1. The van der Waals surface area contributed by atoms with Gasteiger partial charge in [0.05, 0.1) is 35.5 Å². The van der Waals surface area contributed by atoms with Crippen molar-refractivity contribution in [1.29, 1.82) is 0 Å². The van der Waals surface area contributed by atoms with Crippen molar-refractivity contribution in [3.05, 3.63) is 52.2 Å². The number of anilines is 1. The molecular weight excluding hydrogens is 406 g/mol. The minimum Gasteiger partial charge on any atom is -0.325 e. The SMILES string of the molecule is O=C(Cn1c(=O)ncc2c1cnn2C1CCS(=O)(=O)C1)Nc1ccc(Cl)cc1. The van der Waals surface area contributed by atoms with Crippen molar-refractivity contribution in [2.75, 3.05) is 16.8 Å². The Hall–Kier alpha value is -2.72. The van der Waals surface area contributed by atoms with E-state index in [-0.39, 0.29) is 24.1 Å². The molecule has 28 heavy (non-hydrogen) atoms. The molecule has 0 saturated carbocycles. The Balaban J connectivity index is 1.62. The molecule has 3 heterocycles. The Morgan fingerprint density at radius 3 is 2.64 bits per heavy atom. The second kappa shape index (κ2) is 7.02. The highest BCUT2D eigenvalue weighted by atomic mass is 35.5. The topological polar surface area (TPSA) is 116 Å². The van der Waals surface area contributed by atoms with Crippen LogP contribution in [0.3, 0.4) is 0 Å². The molecule has 0 spiro atoms. The fourth-order valence-electron chi connectivity index (χ4n) is 3.27. The van der Waals surface area contributed by atoms with Crippen LogP contribution in [-0.2, 0) is 21.2 Å². The van der Waals surface area contributed by atoms with Crippen LogP contribution in [0.25, 0.3) is 11.0 Å². The van der Waals surface area contributed by atoms with Crippen molar-refractivity contribution in [1.82, 2.24) is 19.3 Å². The molecule has 11 heteroatoms. The zero-order valence-corrected chi connectivity index (χ0v) is 16.2. The Morgan fingerprint density at radius 1 is 1.21 bits per heavy atom. The number of halogens is 1. The second-order valence-corrected chi connectivity index (χ2v) is 9.26. The third kappa shape index (κ3) is 3.65. The maximum Gasteiger partial charge on any atom is 0.348 e. The molecule has 1 atom stereocenters. The van der Waals surface area contributed by atoms with Gasteiger partial charge in [-0.3, -0.25) is 14.0 Å². The molecule has 1 fully saturated rings. The summed E-state index contributed by atoms with van der Waals surface area (Å²) in [6.45, 7) is -0.250. The molecule has 1 aromatic carbocycles. The Labute approximate surface area is 164 Å². The van der Waals surface area contributed by atoms with Crippen LogP contribution in [0.15, 0.2) is 41.5 Å². The first-order valence-corrected chi connectivity index (χ1v) is 10.7. The van der Waals surface area contributed by atoms with E-state index in [2.05, 4.69) is 15.4 Å². The summed E-state index contributed by atoms with van der Waals surface area (Å²) in [5.41, 5.74) is 0.906. The number of hydrogen-bond donors (Lipinski definition) is 1. The molecule has 1 saturated heterocycles. The summed E-state index contributed by atoms with van der Waals surface area (Å²) in [6.07, 6.45) is 3.28. The fraction of sp³-hybridized carbons (Fsp3) is 0.294. The third-order valence-corrected chi connectivity index (χ3v) is 6.62. The first kappa shape index (κ1) is 18.6. The molecule has 1 aliphatic rings. The van der Waals surface area contributed by atoms with E-state index < -0.39 is 21.4 Å². The lowest BCUT2D eigenvalue weighted by Gasteiger charge is -2.11. The van der Waals surface area contributed by atoms with Crippen LogP contribution in [0.5, 0.6) is 0 Å². The van der Waals surface area contributed by atoms with Gasteiger partial charge in [-0.1, -0.05) is 11.6 Å². The standard InChI is InChI=1S/C17H16ClN5O4S/c18-11-1-3-12(4-2-11)21-16(24)9-22-14-8-20-23(15(14)7-19-17(22)25)13-5-6-28(26,27)10-13/h1-4,7-8,13H,5-6,9-10H2,(H,21,24). The number of rotatable bonds is 4. The van der Waals surface area contributed by atoms with Gasteiger partial charge in [0.15, 0.2) is 9.84 Å². The van der Waals surface area contributed by atoms with Gasteiger partial charge in [0.2, 0.25) is 5.91 Å². The molecule has 9 nitrogen and oxygen atoms in total. The number of nitrogens with zero attached hydrogens (tertiary/aromatic N) is 4. The zero-order valence-electron chi connectivity index (χ0n) is 14.6. The lowest BCUT2D eigenvalue weighted by atomic mass is 10.2. The van der Waals surface area contributed by atoms with Gasteiger partial charge in [0.25, 0.3) is 0 Å². The van der Waals surface area contributed by atoms with Crippen molar-refractivity contribution in [3.63, 3.8) is 0 Å². The minimum absolute atomic E-state index is 0.0000404. The molecule has 1 unspecified atom stereocenters. The molecule has 4 rings (SSSR count). The van der Waals surface area contributed by atoms with Gasteiger partial charge in [0, 0.05) is 10.7 Å². The molecule has 1 N–H and O–H groups in total. The monoisotopic (exact) mass is 421 g/mol. The lowest BCUT2D eigenvalue weighted by Crippen LogP contribution is -2.29. The fourth-order valence-corrected chi connectivity index (χ4v) is 5.09. The van der Waals surface area contributed by atoms with Crippen molar-refractivity contribution < 1.29 is 13.2 Å². The molecule has 3 aromatic rings. The van der Waals surface area contributed by atoms with Crippen molar-refractivity contribution in [2.24, 2.45) is 0 Å². The minimum atomic E-state index is -3.09. The van der Waals surface area contributed by atoms with E-state index in [0.29, 0.717) is 28.2 Å². The molecule has 0 bridgehead atoms. The molecule has 2 aromatic heterocycles. The highest BCUT2D eigenvalue weighted by Crippen LogP contribution is 2.26. The maximum atomic E-state index is 12.4. The normalized spacial score (nSPS) is 18.4. The van der Waals surface area contributed by atoms with E-state index in [1.807, 2.05) is 0 Å². The maximum absolute atomic E-state index is 12.4. The molecule has 0 aliphatic carbocycles. The number of carbonyl (C=O) groups excluding carboxylic acids is 1. The van der Waals surface area contributed by atoms with Crippen molar-refractivity contribution in [3.8, 4) is 0 Å². The highest BCUT2D eigenvalue weighted by molar-refractivity contribution is 7.91. The van der Waals surface area contributed by atoms with Crippen LogP contribution in [0, 0.1) is 0 Å². The quantitative estimate of drug-likeness (QED) is 0.677. The van der Waals surface area contributed by atoms with E-state index >= 15 is 0 Å². The molecule has 1 amide bonds. The Morgan fingerprint density at radius 2 is 1.96 bits per heavy atom. The van der Waals surface area contributed by atoms with E-state index in [1.54, 1.807) is 28.9 Å². The zero-order chi connectivity index (χ0) is 19.9. The van der Waals surface area contributed by atoms with Gasteiger partial charge in [-0.05, 0) is 30.7 Å². The first-order chi connectivity index (χ1) is 13.3. The van der Waals surface area contributed by atoms with Crippen LogP contribution in [-0.4, -0.2) is 45.2 Å². The van der Waals surface area contributed by atoms with E-state index in [0.717, 1.165) is 0 Å². The Kier molecular flexibility index (Phi) is 4.68. The number of hydrogen-bond acceptors (Lipinski definition) is 6. The van der Waals surface area contributed by atoms with Crippen LogP contribution in [0.2, 0.25) is 5.02 Å². The van der Waals surface area contributed by atoms with Gasteiger partial charge in [0.1, 0.15) is 12.1 Å². The number of aromatic nitrogens is 4. The molecule has 1 aliphatic heterocycles. The van der Waals surface area contributed by atoms with E-state index in [1.165, 1.54) is 17.0 Å². The van der Waals surface area contributed by atoms with E-state index in [9.17, 15) is 18.0 Å². The first-order valence-electron chi connectivity index (χ1n) is 8.51. The van der Waals surface area contributed by atoms with Gasteiger partial charge in [-0.25, -0.2) is 13.2 Å². The number of sulfone groups is 1. The van der Waals surface area contributed by atoms with Crippen LogP contribution in [0.4, 0.5) is 5.69 Å². The average molecular weight is 422 g/mol. The third-order valence-electron chi connectivity index (χ3n) is 4.62. The highest BCUT2D eigenvalue weighted by Gasteiger charge is 2.31. The van der Waals surface area contributed by atoms with Crippen LogP contribution < -0.4 is 11.0 Å². The summed E-state index contributed by atoms with van der Waals surface area (Å²) in [6, 6.07) is 6.29. The predicted molar refractivity (Wildman–Crippen MR) is 104 cm³/mol. The number of amides is 1. The Bertz CT molecular complexity index is 1220. The molecular formula is C17H16ClN5O4S. The van der Waals surface area contributed by atoms with E-state index in [4.69, 9.17) is 11.6 Å². The summed E-state index contributed by atoms with van der Waals surface area (Å²) in [7, 11) is -3.09. The molecule has 146 valence electrons. The number of nitrogens with one attached hydrogen (secondary N) is 1. The predicted octanol–water partition coefficient (Wildman–Crippen LogP) is 1.24. The smallest absolute Gasteiger partial charge is 0.325 e. The second-order valence-electron chi connectivity index (χ2n) is 6.60. The van der Waals surface area contributed by atoms with Gasteiger partial charge >= 0.3 is 5.69 Å². The van der Waals surface area contributed by atoms with Crippen molar-refractivity contribution in [2.45, 2.75) is 19.0 Å². The summed E-state index contributed by atoms with van der Waals surface area (Å²) in [5, 5.41) is 7.49. The summed E-state index contributed by atoms with van der Waals surface area (Å²) in [5.74, 6) is -0.301. The van der Waals surface area contributed by atoms with Crippen LogP contribution >= 0.6 is 11.6 Å².